The Bertz CT molecular complexity index is 371. The zero-order valence-electron chi connectivity index (χ0n) is 9.69. The van der Waals surface area contributed by atoms with Crippen molar-refractivity contribution in [2.75, 3.05) is 0 Å². The Balaban J connectivity index is 1.97. The van der Waals surface area contributed by atoms with Crippen LogP contribution in [-0.2, 0) is 9.59 Å². The number of carbonyl (C=O) groups is 2. The van der Waals surface area contributed by atoms with E-state index in [1.165, 1.54) is 0 Å². The maximum absolute atomic E-state index is 11.6. The molecule has 4 nitrogen and oxygen atoms in total. The number of rotatable bonds is 4. The van der Waals surface area contributed by atoms with E-state index >= 15 is 0 Å². The van der Waals surface area contributed by atoms with Gasteiger partial charge in [0.1, 0.15) is 0 Å². The fourth-order valence-electron chi connectivity index (χ4n) is 3.30. The molecule has 4 heteroatoms. The third kappa shape index (κ3) is 2.28. The molecule has 0 spiro atoms. The van der Waals surface area contributed by atoms with Crippen LogP contribution in [0.3, 0.4) is 0 Å². The highest BCUT2D eigenvalue weighted by atomic mass is 16.4. The number of carboxylic acids is 1. The normalized spacial score (nSPS) is 34.3. The number of hydrogen-bond donors (Lipinski definition) is 2. The first-order valence-electron chi connectivity index (χ1n) is 6.09. The molecule has 1 amide bonds. The van der Waals surface area contributed by atoms with E-state index in [0.717, 1.165) is 19.3 Å². The zero-order valence-corrected chi connectivity index (χ0v) is 9.69. The molecule has 0 heterocycles. The van der Waals surface area contributed by atoms with Gasteiger partial charge < -0.3 is 10.4 Å². The predicted octanol–water partition coefficient (Wildman–Crippen LogP) is 1.02. The second kappa shape index (κ2) is 4.79. The number of carbonyl (C=O) groups excluding carboxylic acids is 1. The van der Waals surface area contributed by atoms with Gasteiger partial charge in [-0.2, -0.15) is 0 Å². The summed E-state index contributed by atoms with van der Waals surface area (Å²) in [6.45, 7) is 0. The van der Waals surface area contributed by atoms with Crippen molar-refractivity contribution in [2.24, 2.45) is 17.8 Å². The molecule has 4 atom stereocenters. The number of terminal acetylenes is 1. The van der Waals surface area contributed by atoms with Gasteiger partial charge in [-0.3, -0.25) is 9.59 Å². The summed E-state index contributed by atoms with van der Waals surface area (Å²) in [7, 11) is 0. The standard InChI is InChI=1S/C13H17NO3/c1-2-3-4-10(15)14-12-9-6-5-8(7-9)11(12)13(16)17/h1,8-9,11-12H,3-7H2,(H,14,15)(H,16,17). The lowest BCUT2D eigenvalue weighted by molar-refractivity contribution is -0.144. The molecule has 2 N–H and O–H groups in total. The average molecular weight is 235 g/mol. The first-order valence-corrected chi connectivity index (χ1v) is 6.09. The molecule has 2 aliphatic rings. The predicted molar refractivity (Wildman–Crippen MR) is 62.0 cm³/mol. The number of aliphatic carboxylic acids is 1. The molecule has 17 heavy (non-hydrogen) atoms. The average Bonchev–Trinajstić information content (AvgIpc) is 2.86. The summed E-state index contributed by atoms with van der Waals surface area (Å²) in [5.74, 6) is 1.71. The largest absolute Gasteiger partial charge is 0.481 e. The molecule has 0 saturated heterocycles. The molecule has 2 saturated carbocycles. The maximum atomic E-state index is 11.6. The van der Waals surface area contributed by atoms with Gasteiger partial charge in [0.15, 0.2) is 0 Å². The topological polar surface area (TPSA) is 66.4 Å². The lowest BCUT2D eigenvalue weighted by atomic mass is 9.84. The van der Waals surface area contributed by atoms with Gasteiger partial charge in [0, 0.05) is 18.9 Å². The van der Waals surface area contributed by atoms with E-state index in [9.17, 15) is 14.7 Å². The number of nitrogens with one attached hydrogen (secondary N) is 1. The summed E-state index contributed by atoms with van der Waals surface area (Å²) in [6, 6.07) is -0.184. The van der Waals surface area contributed by atoms with Crippen molar-refractivity contribution in [1.29, 1.82) is 0 Å². The van der Waals surface area contributed by atoms with Crippen molar-refractivity contribution in [3.63, 3.8) is 0 Å². The van der Waals surface area contributed by atoms with Crippen LogP contribution in [0.25, 0.3) is 0 Å². The van der Waals surface area contributed by atoms with Crippen molar-refractivity contribution in [3.05, 3.63) is 0 Å². The van der Waals surface area contributed by atoms with E-state index in [0.29, 0.717) is 12.3 Å². The van der Waals surface area contributed by atoms with Crippen molar-refractivity contribution in [2.45, 2.75) is 38.1 Å². The molecule has 0 aliphatic heterocycles. The minimum Gasteiger partial charge on any atom is -0.481 e. The fourth-order valence-corrected chi connectivity index (χ4v) is 3.30. The van der Waals surface area contributed by atoms with Crippen molar-refractivity contribution in [1.82, 2.24) is 5.32 Å². The highest BCUT2D eigenvalue weighted by molar-refractivity contribution is 5.79. The van der Waals surface area contributed by atoms with E-state index in [1.54, 1.807) is 0 Å². The monoisotopic (exact) mass is 235 g/mol. The lowest BCUT2D eigenvalue weighted by Gasteiger charge is -2.28. The Labute approximate surface area is 101 Å². The summed E-state index contributed by atoms with van der Waals surface area (Å²) >= 11 is 0. The Hall–Kier alpha value is -1.50. The summed E-state index contributed by atoms with van der Waals surface area (Å²) in [5, 5.41) is 12.1. The molecule has 0 aromatic heterocycles. The molecule has 2 aliphatic carbocycles. The van der Waals surface area contributed by atoms with Crippen molar-refractivity contribution < 1.29 is 14.7 Å². The zero-order chi connectivity index (χ0) is 12.4. The highest BCUT2D eigenvalue weighted by Crippen LogP contribution is 2.48. The van der Waals surface area contributed by atoms with Crippen molar-refractivity contribution >= 4 is 11.9 Å². The Morgan fingerprint density at radius 2 is 2.06 bits per heavy atom. The van der Waals surface area contributed by atoms with E-state index in [-0.39, 0.29) is 24.3 Å². The van der Waals surface area contributed by atoms with Crippen LogP contribution in [0, 0.1) is 30.1 Å². The number of carboxylic acid groups (broad SMARTS) is 1. The first kappa shape index (κ1) is 12.0. The van der Waals surface area contributed by atoms with Crippen LogP contribution in [0.15, 0.2) is 0 Å². The Kier molecular flexibility index (Phi) is 3.37. The molecule has 2 rings (SSSR count). The molecule has 0 radical (unpaired) electrons. The summed E-state index contributed by atoms with van der Waals surface area (Å²) in [4.78, 5) is 22.8. The van der Waals surface area contributed by atoms with Crippen LogP contribution in [0.5, 0.6) is 0 Å². The molecular formula is C13H17NO3. The SMILES string of the molecule is C#CCCC(=O)NC1C2CCC(C2)C1C(=O)O. The van der Waals surface area contributed by atoms with E-state index < -0.39 is 11.9 Å². The molecule has 0 aromatic carbocycles. The third-order valence-electron chi connectivity index (χ3n) is 4.03. The number of fused-ring (bicyclic) bond motifs is 2. The smallest absolute Gasteiger partial charge is 0.308 e. The van der Waals surface area contributed by atoms with Gasteiger partial charge in [-0.05, 0) is 31.1 Å². The molecule has 2 bridgehead atoms. The minimum atomic E-state index is -0.778. The van der Waals surface area contributed by atoms with Gasteiger partial charge in [-0.1, -0.05) is 0 Å². The molecular weight excluding hydrogens is 218 g/mol. The molecule has 2 fully saturated rings. The molecule has 92 valence electrons. The van der Waals surface area contributed by atoms with Crippen LogP contribution in [0.4, 0.5) is 0 Å². The van der Waals surface area contributed by atoms with Gasteiger partial charge in [-0.15, -0.1) is 12.3 Å². The minimum absolute atomic E-state index is 0.119. The van der Waals surface area contributed by atoms with E-state index in [1.807, 2.05) is 0 Å². The van der Waals surface area contributed by atoms with Crippen molar-refractivity contribution in [3.8, 4) is 12.3 Å². The summed E-state index contributed by atoms with van der Waals surface area (Å²) < 4.78 is 0. The van der Waals surface area contributed by atoms with Gasteiger partial charge in [0.2, 0.25) is 5.91 Å². The number of amides is 1. The van der Waals surface area contributed by atoms with Crippen LogP contribution in [0.2, 0.25) is 0 Å². The van der Waals surface area contributed by atoms with Gasteiger partial charge in [0.25, 0.3) is 0 Å². The Morgan fingerprint density at radius 3 is 2.71 bits per heavy atom. The van der Waals surface area contributed by atoms with Crippen LogP contribution < -0.4 is 5.32 Å². The van der Waals surface area contributed by atoms with Gasteiger partial charge in [-0.25, -0.2) is 0 Å². The summed E-state index contributed by atoms with van der Waals surface area (Å²) in [6.07, 6.45) is 8.75. The van der Waals surface area contributed by atoms with E-state index in [4.69, 9.17) is 6.42 Å². The lowest BCUT2D eigenvalue weighted by Crippen LogP contribution is -2.46. The second-order valence-corrected chi connectivity index (χ2v) is 4.99. The highest BCUT2D eigenvalue weighted by Gasteiger charge is 2.51. The second-order valence-electron chi connectivity index (χ2n) is 4.99. The van der Waals surface area contributed by atoms with E-state index in [2.05, 4.69) is 11.2 Å². The Morgan fingerprint density at radius 1 is 1.35 bits per heavy atom. The third-order valence-corrected chi connectivity index (χ3v) is 4.03. The quantitative estimate of drug-likeness (QED) is 0.715. The fraction of sp³-hybridized carbons (Fsp3) is 0.692. The molecule has 4 unspecified atom stereocenters. The van der Waals surface area contributed by atoms with Crippen LogP contribution >= 0.6 is 0 Å². The van der Waals surface area contributed by atoms with Crippen LogP contribution in [-0.4, -0.2) is 23.0 Å². The van der Waals surface area contributed by atoms with Gasteiger partial charge in [0.05, 0.1) is 5.92 Å². The first-order chi connectivity index (χ1) is 8.13. The maximum Gasteiger partial charge on any atom is 0.308 e. The number of hydrogen-bond acceptors (Lipinski definition) is 2. The summed E-state index contributed by atoms with van der Waals surface area (Å²) in [5.41, 5.74) is 0. The van der Waals surface area contributed by atoms with Gasteiger partial charge >= 0.3 is 5.97 Å². The van der Waals surface area contributed by atoms with Crippen LogP contribution in [0.1, 0.15) is 32.1 Å². The molecule has 0 aromatic rings.